The van der Waals surface area contributed by atoms with E-state index in [1.807, 2.05) is 36.4 Å². The predicted octanol–water partition coefficient (Wildman–Crippen LogP) is 7.99. The average Bonchev–Trinajstić information content (AvgIpc) is 3.13. The van der Waals surface area contributed by atoms with Crippen molar-refractivity contribution in [1.29, 1.82) is 0 Å². The number of benzene rings is 3. The second-order valence-corrected chi connectivity index (χ2v) is 16.0. The zero-order valence-electron chi connectivity index (χ0n) is 28.5. The van der Waals surface area contributed by atoms with Crippen LogP contribution in [0.25, 0.3) is 11.1 Å². The zero-order chi connectivity index (χ0) is 34.1. The number of thioether (sulfide) groups is 1. The second kappa shape index (κ2) is 14.5. The lowest BCUT2D eigenvalue weighted by molar-refractivity contribution is -0.268. The van der Waals surface area contributed by atoms with Gasteiger partial charge < -0.3 is 25.2 Å². The molecule has 1 saturated heterocycles. The van der Waals surface area contributed by atoms with Gasteiger partial charge in [-0.25, -0.2) is 14.8 Å². The van der Waals surface area contributed by atoms with Gasteiger partial charge in [0.05, 0.1) is 18.8 Å². The molecular formula is C41H46N4O4S. The Labute approximate surface area is 298 Å². The number of nitrogens with zero attached hydrogens (tertiary/aromatic N) is 2. The summed E-state index contributed by atoms with van der Waals surface area (Å²) in [6, 6.07) is 26.5. The van der Waals surface area contributed by atoms with Crippen LogP contribution >= 0.6 is 11.8 Å². The highest BCUT2D eigenvalue weighted by Gasteiger charge is 2.51. The number of carbonyl (C=O) groups excluding carboxylic acids is 1. The molecule has 4 aliphatic carbocycles. The molecule has 0 radical (unpaired) electrons. The van der Waals surface area contributed by atoms with E-state index in [-0.39, 0.29) is 36.3 Å². The number of hydrogen-bond donors (Lipinski definition) is 3. The number of ether oxygens (including phenoxy) is 2. The first kappa shape index (κ1) is 33.4. The third-order valence-electron chi connectivity index (χ3n) is 11.3. The van der Waals surface area contributed by atoms with E-state index >= 15 is 0 Å². The number of urea groups is 1. The van der Waals surface area contributed by atoms with Crippen LogP contribution < -0.4 is 10.6 Å². The number of hydrogen-bond acceptors (Lipinski definition) is 7. The SMILES string of the molecule is CC1C(CSc2ncccn2)OC(c2cccc(-c3cccc(CNC(=O)NC45CC6CC(CC(C6)C4)C5)c3)c2)OC1c1ccc(CO)cc1. The highest BCUT2D eigenvalue weighted by atomic mass is 32.2. The van der Waals surface area contributed by atoms with Crippen molar-refractivity contribution in [3.05, 3.63) is 114 Å². The van der Waals surface area contributed by atoms with Gasteiger partial charge in [0.25, 0.3) is 0 Å². The minimum Gasteiger partial charge on any atom is -0.392 e. The largest absolute Gasteiger partial charge is 0.392 e. The number of aromatic nitrogens is 2. The fourth-order valence-electron chi connectivity index (χ4n) is 9.28. The number of carbonyl (C=O) groups is 1. The summed E-state index contributed by atoms with van der Waals surface area (Å²) in [6.45, 7) is 2.64. The van der Waals surface area contributed by atoms with Crippen molar-refractivity contribution in [3.63, 3.8) is 0 Å². The van der Waals surface area contributed by atoms with Crippen molar-refractivity contribution in [2.24, 2.45) is 23.7 Å². The van der Waals surface area contributed by atoms with Gasteiger partial charge in [-0.1, -0.05) is 79.3 Å². The van der Waals surface area contributed by atoms with Crippen LogP contribution in [0, 0.1) is 23.7 Å². The Morgan fingerprint density at radius 3 is 2.22 bits per heavy atom. The first-order valence-corrected chi connectivity index (χ1v) is 19.1. The molecule has 5 fully saturated rings. The first-order valence-electron chi connectivity index (χ1n) is 18.1. The molecule has 3 aromatic carbocycles. The molecule has 260 valence electrons. The van der Waals surface area contributed by atoms with Crippen LogP contribution in [0.2, 0.25) is 0 Å². The van der Waals surface area contributed by atoms with Gasteiger partial charge in [0, 0.05) is 41.7 Å². The number of aliphatic hydroxyl groups is 1. The Kier molecular flexibility index (Phi) is 9.66. The molecule has 4 aromatic rings. The molecule has 8 nitrogen and oxygen atoms in total. The molecule has 2 heterocycles. The molecule has 1 aliphatic heterocycles. The van der Waals surface area contributed by atoms with E-state index in [1.54, 1.807) is 24.2 Å². The van der Waals surface area contributed by atoms with Gasteiger partial charge in [0.1, 0.15) is 0 Å². The van der Waals surface area contributed by atoms with Gasteiger partial charge >= 0.3 is 6.03 Å². The maximum Gasteiger partial charge on any atom is 0.315 e. The Bertz CT molecular complexity index is 1750. The third-order valence-corrected chi connectivity index (χ3v) is 12.3. The van der Waals surface area contributed by atoms with E-state index in [0.717, 1.165) is 75.6 Å². The minimum atomic E-state index is -0.575. The van der Waals surface area contributed by atoms with Crippen LogP contribution in [0.15, 0.2) is 96.4 Å². The number of nitrogens with one attached hydrogen (secondary N) is 2. The monoisotopic (exact) mass is 690 g/mol. The summed E-state index contributed by atoms with van der Waals surface area (Å²) >= 11 is 1.58. The lowest BCUT2D eigenvalue weighted by Crippen LogP contribution is -2.61. The summed E-state index contributed by atoms with van der Waals surface area (Å²) in [5.74, 6) is 3.12. The van der Waals surface area contributed by atoms with E-state index in [4.69, 9.17) is 9.47 Å². The van der Waals surface area contributed by atoms with Gasteiger partial charge in [-0.15, -0.1) is 0 Å². The van der Waals surface area contributed by atoms with E-state index in [0.29, 0.717) is 12.3 Å². The van der Waals surface area contributed by atoms with Crippen LogP contribution in [0.5, 0.6) is 0 Å². The smallest absolute Gasteiger partial charge is 0.315 e. The lowest BCUT2D eigenvalue weighted by atomic mass is 9.53. The lowest BCUT2D eigenvalue weighted by Gasteiger charge is -2.56. The van der Waals surface area contributed by atoms with E-state index in [1.165, 1.54) is 19.3 Å². The van der Waals surface area contributed by atoms with Gasteiger partial charge in [-0.05, 0) is 102 Å². The quantitative estimate of drug-likeness (QED) is 0.114. The Morgan fingerprint density at radius 2 is 1.52 bits per heavy atom. The van der Waals surface area contributed by atoms with Crippen molar-refractivity contribution in [3.8, 4) is 11.1 Å². The topological polar surface area (TPSA) is 106 Å². The van der Waals surface area contributed by atoms with Crippen molar-refractivity contribution in [2.75, 3.05) is 5.75 Å². The van der Waals surface area contributed by atoms with Crippen molar-refractivity contribution >= 4 is 17.8 Å². The summed E-state index contributed by atoms with van der Waals surface area (Å²) in [6.07, 6.45) is 10.1. The fraction of sp³-hybridized carbons (Fsp3) is 0.439. The molecule has 4 saturated carbocycles. The van der Waals surface area contributed by atoms with E-state index < -0.39 is 6.29 Å². The van der Waals surface area contributed by atoms with Crippen molar-refractivity contribution in [1.82, 2.24) is 20.6 Å². The molecule has 9 heteroatoms. The molecule has 4 atom stereocenters. The van der Waals surface area contributed by atoms with Crippen molar-refractivity contribution in [2.45, 2.75) is 87.8 Å². The Hall–Kier alpha value is -3.76. The summed E-state index contributed by atoms with van der Waals surface area (Å²) in [5.41, 5.74) is 6.04. The molecule has 4 unspecified atom stereocenters. The average molecular weight is 691 g/mol. The molecule has 3 N–H and O–H groups in total. The summed E-state index contributed by atoms with van der Waals surface area (Å²) in [7, 11) is 0. The molecule has 1 aromatic heterocycles. The molecule has 0 spiro atoms. The van der Waals surface area contributed by atoms with Crippen LogP contribution in [0.4, 0.5) is 4.79 Å². The maximum atomic E-state index is 13.1. The van der Waals surface area contributed by atoms with Crippen LogP contribution in [0.1, 0.15) is 80.1 Å². The van der Waals surface area contributed by atoms with Gasteiger partial charge in [-0.3, -0.25) is 0 Å². The fourth-order valence-corrected chi connectivity index (χ4v) is 10.2. The minimum absolute atomic E-state index is 0.00251. The van der Waals surface area contributed by atoms with Crippen LogP contribution in [0.3, 0.4) is 0 Å². The van der Waals surface area contributed by atoms with E-state index in [2.05, 4.69) is 70.0 Å². The van der Waals surface area contributed by atoms with Gasteiger partial charge in [0.2, 0.25) is 0 Å². The molecular weight excluding hydrogens is 645 g/mol. The summed E-state index contributed by atoms with van der Waals surface area (Å²) in [4.78, 5) is 21.9. The van der Waals surface area contributed by atoms with Gasteiger partial charge in [0.15, 0.2) is 11.4 Å². The van der Waals surface area contributed by atoms with Crippen LogP contribution in [-0.2, 0) is 22.6 Å². The summed E-state index contributed by atoms with van der Waals surface area (Å²) < 4.78 is 13.4. The number of aliphatic hydroxyl groups excluding tert-OH is 1. The molecule has 5 aliphatic rings. The standard InChI is InChI=1S/C41H46N4O4S/c1-26-36(25-50-40-42-13-4-14-43-40)48-38(49-37(26)32-11-9-27(24-46)10-12-32)35-8-3-7-34(19-35)33-6-2-5-28(18-33)23-44-39(47)45-41-20-29-15-30(21-41)17-31(16-29)22-41/h2-14,18-19,26,29-31,36-38,46H,15-17,20-25H2,1H3,(H2,44,45,47). The van der Waals surface area contributed by atoms with E-state index in [9.17, 15) is 9.90 Å². The Morgan fingerprint density at radius 1 is 0.840 bits per heavy atom. The highest BCUT2D eigenvalue weighted by Crippen LogP contribution is 2.55. The summed E-state index contributed by atoms with van der Waals surface area (Å²) in [5, 5.41) is 16.9. The Balaban J connectivity index is 0.966. The number of rotatable bonds is 10. The first-order chi connectivity index (χ1) is 24.4. The number of amides is 2. The zero-order valence-corrected chi connectivity index (χ0v) is 29.4. The normalized spacial score (nSPS) is 29.8. The molecule has 2 amide bonds. The molecule has 4 bridgehead atoms. The maximum absolute atomic E-state index is 13.1. The molecule has 50 heavy (non-hydrogen) atoms. The predicted molar refractivity (Wildman–Crippen MR) is 194 cm³/mol. The molecule has 9 rings (SSSR count). The highest BCUT2D eigenvalue weighted by molar-refractivity contribution is 7.99. The van der Waals surface area contributed by atoms with Crippen LogP contribution in [-0.4, -0.2) is 38.5 Å². The second-order valence-electron chi connectivity index (χ2n) is 15.0. The van der Waals surface area contributed by atoms with Crippen molar-refractivity contribution < 1.29 is 19.4 Å². The third kappa shape index (κ3) is 7.33. The van der Waals surface area contributed by atoms with Gasteiger partial charge in [-0.2, -0.15) is 0 Å².